The van der Waals surface area contributed by atoms with Gasteiger partial charge in [0.25, 0.3) is 0 Å². The smallest absolute Gasteiger partial charge is 0.119 e. The van der Waals surface area contributed by atoms with Gasteiger partial charge in [-0.05, 0) is 53.1 Å². The summed E-state index contributed by atoms with van der Waals surface area (Å²) in [6.45, 7) is 1.38. The van der Waals surface area contributed by atoms with Crippen LogP contribution in [-0.2, 0) is 6.54 Å². The van der Waals surface area contributed by atoms with E-state index in [9.17, 15) is 0 Å². The number of alkyl halides is 1. The average Bonchev–Trinajstić information content (AvgIpc) is 3.11. The minimum absolute atomic E-state index is 0.344. The second kappa shape index (κ2) is 8.44. The van der Waals surface area contributed by atoms with E-state index in [2.05, 4.69) is 59.5 Å². The number of rotatable bonds is 6. The van der Waals surface area contributed by atoms with Gasteiger partial charge in [-0.15, -0.1) is 23.4 Å². The fourth-order valence-electron chi connectivity index (χ4n) is 4.58. The molecule has 2 heterocycles. The van der Waals surface area contributed by atoms with Crippen molar-refractivity contribution in [3.05, 3.63) is 83.4 Å². The number of fused-ring (bicyclic) bond motifs is 5. The molecule has 154 valence electrons. The summed E-state index contributed by atoms with van der Waals surface area (Å²) in [5.41, 5.74) is 5.40. The summed E-state index contributed by atoms with van der Waals surface area (Å²) in [6, 6.07) is 24.1. The second-order valence-electron chi connectivity index (χ2n) is 7.63. The van der Waals surface area contributed by atoms with Gasteiger partial charge in [-0.1, -0.05) is 30.3 Å². The van der Waals surface area contributed by atoms with E-state index in [1.807, 2.05) is 23.9 Å². The molecule has 0 saturated carbocycles. The first kappa shape index (κ1) is 19.7. The lowest BCUT2D eigenvalue weighted by Gasteiger charge is -2.35. The van der Waals surface area contributed by atoms with Gasteiger partial charge in [-0.25, -0.2) is 0 Å². The van der Waals surface area contributed by atoms with Crippen LogP contribution in [0, 0.1) is 0 Å². The normalized spacial score (nSPS) is 19.1. The Morgan fingerprint density at radius 1 is 1.00 bits per heavy atom. The van der Waals surface area contributed by atoms with Gasteiger partial charge in [0.05, 0.1) is 19.0 Å². The van der Waals surface area contributed by atoms with E-state index in [4.69, 9.17) is 21.1 Å². The third-order valence-electron chi connectivity index (χ3n) is 5.94. The van der Waals surface area contributed by atoms with Gasteiger partial charge in [-0.2, -0.15) is 0 Å². The molecule has 0 spiro atoms. The molecule has 30 heavy (non-hydrogen) atoms. The topological polar surface area (TPSA) is 21.7 Å². The van der Waals surface area contributed by atoms with Crippen LogP contribution in [0.5, 0.6) is 11.5 Å². The zero-order chi connectivity index (χ0) is 20.5. The molecule has 3 nitrogen and oxygen atoms in total. The first-order valence-electron chi connectivity index (χ1n) is 10.2. The highest BCUT2D eigenvalue weighted by molar-refractivity contribution is 7.99. The first-order chi connectivity index (χ1) is 14.8. The van der Waals surface area contributed by atoms with E-state index in [0.717, 1.165) is 23.8 Å². The van der Waals surface area contributed by atoms with E-state index in [1.165, 1.54) is 27.3 Å². The molecule has 0 saturated heterocycles. The van der Waals surface area contributed by atoms with Gasteiger partial charge in [0.1, 0.15) is 18.1 Å². The van der Waals surface area contributed by atoms with E-state index < -0.39 is 0 Å². The molecule has 0 N–H and O–H groups in total. The minimum Gasteiger partial charge on any atom is -0.497 e. The minimum atomic E-state index is 0.344. The van der Waals surface area contributed by atoms with Crippen LogP contribution in [0.4, 0.5) is 5.69 Å². The Kier molecular flexibility index (Phi) is 5.53. The lowest BCUT2D eigenvalue weighted by atomic mass is 9.91. The molecular weight excluding hydrogens is 414 g/mol. The van der Waals surface area contributed by atoms with Crippen LogP contribution in [0.3, 0.4) is 0 Å². The molecule has 3 aromatic carbocycles. The lowest BCUT2D eigenvalue weighted by Crippen LogP contribution is -2.29. The molecule has 5 heteroatoms. The Labute approximate surface area is 187 Å². The molecule has 0 aliphatic carbocycles. The van der Waals surface area contributed by atoms with Crippen LogP contribution in [-0.4, -0.2) is 25.3 Å². The molecule has 5 rings (SSSR count). The summed E-state index contributed by atoms with van der Waals surface area (Å²) < 4.78 is 11.2. The third kappa shape index (κ3) is 3.52. The molecular formula is C25H24ClNO2S. The number of methoxy groups -OCH3 is 1. The fourth-order valence-corrected chi connectivity index (χ4v) is 5.91. The number of thioether (sulfide) groups is 1. The van der Waals surface area contributed by atoms with Crippen molar-refractivity contribution in [2.45, 2.75) is 23.4 Å². The summed E-state index contributed by atoms with van der Waals surface area (Å²) in [4.78, 5) is 3.96. The van der Waals surface area contributed by atoms with E-state index in [-0.39, 0.29) is 0 Å². The van der Waals surface area contributed by atoms with Crippen LogP contribution in [0.15, 0.2) is 71.6 Å². The van der Waals surface area contributed by atoms with Crippen LogP contribution in [0.25, 0.3) is 0 Å². The molecule has 0 bridgehead atoms. The van der Waals surface area contributed by atoms with Crippen LogP contribution in [0.2, 0.25) is 0 Å². The number of hydrogen-bond donors (Lipinski definition) is 0. The van der Waals surface area contributed by atoms with Crippen molar-refractivity contribution in [3.63, 3.8) is 0 Å². The summed E-state index contributed by atoms with van der Waals surface area (Å²) in [6.07, 6.45) is 0. The molecule has 0 fully saturated rings. The van der Waals surface area contributed by atoms with Crippen LogP contribution >= 0.6 is 23.4 Å². The zero-order valence-corrected chi connectivity index (χ0v) is 18.5. The Morgan fingerprint density at radius 3 is 2.60 bits per heavy atom. The van der Waals surface area contributed by atoms with Gasteiger partial charge < -0.3 is 14.4 Å². The molecule has 3 aromatic rings. The molecule has 0 amide bonds. The molecule has 2 atom stereocenters. The number of ether oxygens (including phenoxy) is 2. The maximum atomic E-state index is 5.73. The van der Waals surface area contributed by atoms with E-state index in [0.29, 0.717) is 24.4 Å². The van der Waals surface area contributed by atoms with Crippen molar-refractivity contribution in [1.29, 1.82) is 0 Å². The number of hydrogen-bond acceptors (Lipinski definition) is 4. The van der Waals surface area contributed by atoms with Gasteiger partial charge in [0.15, 0.2) is 0 Å². The number of halogens is 1. The molecule has 0 aromatic heterocycles. The molecule has 0 radical (unpaired) electrons. The van der Waals surface area contributed by atoms with Gasteiger partial charge in [0, 0.05) is 28.8 Å². The highest BCUT2D eigenvalue weighted by Crippen LogP contribution is 2.56. The Bertz CT molecular complexity index is 1040. The highest BCUT2D eigenvalue weighted by atomic mass is 35.5. The van der Waals surface area contributed by atoms with Crippen molar-refractivity contribution in [3.8, 4) is 11.5 Å². The fraction of sp³-hybridized carbons (Fsp3) is 0.280. The predicted molar refractivity (Wildman–Crippen MR) is 124 cm³/mol. The van der Waals surface area contributed by atoms with E-state index in [1.54, 1.807) is 7.11 Å². The number of benzene rings is 3. The second-order valence-corrected chi connectivity index (χ2v) is 9.07. The summed E-state index contributed by atoms with van der Waals surface area (Å²) in [7, 11) is 1.74. The van der Waals surface area contributed by atoms with Crippen molar-refractivity contribution < 1.29 is 9.47 Å². The Morgan fingerprint density at radius 2 is 1.80 bits per heavy atom. The van der Waals surface area contributed by atoms with Gasteiger partial charge in [0.2, 0.25) is 0 Å². The third-order valence-corrected chi connectivity index (χ3v) is 7.30. The predicted octanol–water partition coefficient (Wildman–Crippen LogP) is 6.26. The number of anilines is 1. The number of nitrogens with zero attached hydrogens (tertiary/aromatic N) is 1. The van der Waals surface area contributed by atoms with Crippen molar-refractivity contribution >= 4 is 29.1 Å². The van der Waals surface area contributed by atoms with Crippen molar-refractivity contribution in [2.24, 2.45) is 0 Å². The summed E-state index contributed by atoms with van der Waals surface area (Å²) >= 11 is 7.69. The molecule has 2 aliphatic heterocycles. The largest absolute Gasteiger partial charge is 0.497 e. The average molecular weight is 438 g/mol. The van der Waals surface area contributed by atoms with E-state index >= 15 is 0 Å². The SMILES string of the molecule is COc1ccc2c(c1)C1CSc3ccccc3C1N2Cc1ccc(OCCCl)cc1. The van der Waals surface area contributed by atoms with Crippen LogP contribution in [0.1, 0.15) is 28.7 Å². The highest BCUT2D eigenvalue weighted by Gasteiger charge is 2.42. The van der Waals surface area contributed by atoms with Crippen molar-refractivity contribution in [2.75, 3.05) is 30.2 Å². The summed E-state index contributed by atoms with van der Waals surface area (Å²) in [5, 5.41) is 0. The quantitative estimate of drug-likeness (QED) is 0.424. The van der Waals surface area contributed by atoms with Gasteiger partial charge >= 0.3 is 0 Å². The Balaban J connectivity index is 1.51. The lowest BCUT2D eigenvalue weighted by molar-refractivity contribution is 0.342. The molecule has 2 unspecified atom stereocenters. The van der Waals surface area contributed by atoms with Crippen LogP contribution < -0.4 is 14.4 Å². The first-order valence-corrected chi connectivity index (χ1v) is 11.7. The monoisotopic (exact) mass is 437 g/mol. The summed E-state index contributed by atoms with van der Waals surface area (Å²) in [5.74, 6) is 3.84. The maximum Gasteiger partial charge on any atom is 0.119 e. The van der Waals surface area contributed by atoms with Gasteiger partial charge in [-0.3, -0.25) is 0 Å². The standard InChI is InChI=1S/C25H24ClNO2S/c1-28-19-10-11-23-21(14-19)22-16-30-24-5-3-2-4-20(24)25(22)27(23)15-17-6-8-18(9-7-17)29-13-12-26/h2-11,14,22,25H,12-13,15-16H2,1H3. The molecule has 2 aliphatic rings. The zero-order valence-electron chi connectivity index (χ0n) is 16.9. The van der Waals surface area contributed by atoms with Crippen molar-refractivity contribution in [1.82, 2.24) is 0 Å². The Hall–Kier alpha value is -2.30. The maximum absolute atomic E-state index is 5.73.